The molecule has 18 heavy (non-hydrogen) atoms. The van der Waals surface area contributed by atoms with Crippen LogP contribution in [0.3, 0.4) is 0 Å². The lowest BCUT2D eigenvalue weighted by Crippen LogP contribution is -2.31. The Morgan fingerprint density at radius 1 is 1.33 bits per heavy atom. The monoisotopic (exact) mass is 315 g/mol. The first-order valence-electron chi connectivity index (χ1n) is 5.27. The number of methoxy groups -OCH3 is 1. The second-order valence-corrected chi connectivity index (χ2v) is 4.48. The molecule has 0 unspecified atom stereocenters. The third-order valence-electron chi connectivity index (χ3n) is 2.05. The van der Waals surface area contributed by atoms with E-state index in [0.717, 1.165) is 4.47 Å². The maximum absolute atomic E-state index is 11.7. The molecule has 0 radical (unpaired) electrons. The number of esters is 1. The van der Waals surface area contributed by atoms with Crippen molar-refractivity contribution in [2.75, 3.05) is 19.0 Å². The van der Waals surface area contributed by atoms with E-state index < -0.39 is 12.1 Å². The van der Waals surface area contributed by atoms with Crippen LogP contribution in [-0.4, -0.2) is 31.7 Å². The lowest BCUT2D eigenvalue weighted by atomic mass is 10.3. The van der Waals surface area contributed by atoms with Crippen LogP contribution in [0.15, 0.2) is 28.7 Å². The third kappa shape index (κ3) is 4.85. The van der Waals surface area contributed by atoms with Crippen LogP contribution in [-0.2, 0) is 19.1 Å². The van der Waals surface area contributed by atoms with Crippen LogP contribution < -0.4 is 5.32 Å². The van der Waals surface area contributed by atoms with Crippen LogP contribution in [0.2, 0.25) is 0 Å². The summed E-state index contributed by atoms with van der Waals surface area (Å²) in [6, 6.07) is 7.09. The van der Waals surface area contributed by atoms with E-state index in [2.05, 4.69) is 26.0 Å². The molecule has 1 aromatic rings. The first-order valence-corrected chi connectivity index (χ1v) is 6.07. The Labute approximate surface area is 114 Å². The van der Waals surface area contributed by atoms with Gasteiger partial charge in [-0.15, -0.1) is 0 Å². The number of rotatable bonds is 5. The number of nitrogens with one attached hydrogen (secondary N) is 1. The molecule has 1 N–H and O–H groups in total. The first-order chi connectivity index (χ1) is 8.52. The minimum absolute atomic E-state index is 0.171. The van der Waals surface area contributed by atoms with Gasteiger partial charge in [0, 0.05) is 17.3 Å². The second kappa shape index (κ2) is 7.13. The molecule has 6 heteroatoms. The Kier molecular flexibility index (Phi) is 5.80. The Hall–Kier alpha value is -1.40. The van der Waals surface area contributed by atoms with E-state index in [1.807, 2.05) is 0 Å². The number of amides is 1. The Balaban J connectivity index is 2.49. The van der Waals surface area contributed by atoms with Gasteiger partial charge in [-0.1, -0.05) is 15.9 Å². The van der Waals surface area contributed by atoms with Crippen molar-refractivity contribution in [2.45, 2.75) is 13.0 Å². The number of ether oxygens (including phenoxy) is 2. The summed E-state index contributed by atoms with van der Waals surface area (Å²) in [7, 11) is 1.38. The molecular formula is C12H14BrNO4. The first kappa shape index (κ1) is 14.7. The molecule has 0 aliphatic rings. The molecular weight excluding hydrogens is 302 g/mol. The quantitative estimate of drug-likeness (QED) is 0.844. The molecule has 0 spiro atoms. The number of benzene rings is 1. The van der Waals surface area contributed by atoms with Crippen molar-refractivity contribution in [3.8, 4) is 0 Å². The number of hydrogen-bond donors (Lipinski definition) is 1. The summed E-state index contributed by atoms with van der Waals surface area (Å²) in [6.07, 6.45) is -0.865. The number of anilines is 1. The molecule has 0 fully saturated rings. The van der Waals surface area contributed by atoms with Gasteiger partial charge in [0.25, 0.3) is 5.91 Å². The zero-order chi connectivity index (χ0) is 13.5. The maximum Gasteiger partial charge on any atom is 0.332 e. The highest BCUT2D eigenvalue weighted by molar-refractivity contribution is 9.10. The van der Waals surface area contributed by atoms with Crippen LogP contribution in [0.25, 0.3) is 0 Å². The Morgan fingerprint density at radius 3 is 2.50 bits per heavy atom. The molecule has 5 nitrogen and oxygen atoms in total. The SMILES string of the molecule is COCC(=O)O[C@@H](C)C(=O)Nc1ccc(Br)cc1. The summed E-state index contributed by atoms with van der Waals surface area (Å²) in [6.45, 7) is 1.33. The summed E-state index contributed by atoms with van der Waals surface area (Å²) < 4.78 is 10.4. The zero-order valence-corrected chi connectivity index (χ0v) is 11.7. The van der Waals surface area contributed by atoms with Crippen LogP contribution >= 0.6 is 15.9 Å². The molecule has 1 rings (SSSR count). The summed E-state index contributed by atoms with van der Waals surface area (Å²) in [5.74, 6) is -0.960. The standard InChI is InChI=1S/C12H14BrNO4/c1-8(18-11(15)7-17-2)12(16)14-10-5-3-9(13)4-6-10/h3-6,8H,7H2,1-2H3,(H,14,16)/t8-/m0/s1. The highest BCUT2D eigenvalue weighted by Gasteiger charge is 2.17. The lowest BCUT2D eigenvalue weighted by Gasteiger charge is -2.13. The van der Waals surface area contributed by atoms with E-state index in [-0.39, 0.29) is 12.5 Å². The minimum Gasteiger partial charge on any atom is -0.451 e. The summed E-state index contributed by atoms with van der Waals surface area (Å²) in [4.78, 5) is 22.8. The van der Waals surface area contributed by atoms with E-state index in [9.17, 15) is 9.59 Å². The maximum atomic E-state index is 11.7. The van der Waals surface area contributed by atoms with Gasteiger partial charge in [0.05, 0.1) is 0 Å². The molecule has 0 aliphatic heterocycles. The van der Waals surface area contributed by atoms with Gasteiger partial charge in [-0.05, 0) is 31.2 Å². The average Bonchev–Trinajstić information content (AvgIpc) is 2.32. The molecule has 1 atom stereocenters. The summed E-state index contributed by atoms with van der Waals surface area (Å²) >= 11 is 3.29. The van der Waals surface area contributed by atoms with E-state index in [0.29, 0.717) is 5.69 Å². The molecule has 0 saturated heterocycles. The van der Waals surface area contributed by atoms with Crippen molar-refractivity contribution >= 4 is 33.5 Å². The fraction of sp³-hybridized carbons (Fsp3) is 0.333. The molecule has 1 amide bonds. The van der Waals surface area contributed by atoms with Gasteiger partial charge >= 0.3 is 5.97 Å². The largest absolute Gasteiger partial charge is 0.451 e. The predicted octanol–water partition coefficient (Wildman–Crippen LogP) is 1.97. The van der Waals surface area contributed by atoms with Crippen LogP contribution in [0.4, 0.5) is 5.69 Å². The third-order valence-corrected chi connectivity index (χ3v) is 2.58. The van der Waals surface area contributed by atoms with Gasteiger partial charge in [-0.2, -0.15) is 0 Å². The van der Waals surface area contributed by atoms with Gasteiger partial charge in [0.15, 0.2) is 6.10 Å². The highest BCUT2D eigenvalue weighted by Crippen LogP contribution is 2.14. The number of carbonyl (C=O) groups excluding carboxylic acids is 2. The van der Waals surface area contributed by atoms with Gasteiger partial charge in [-0.25, -0.2) is 4.79 Å². The van der Waals surface area contributed by atoms with Crippen molar-refractivity contribution in [3.63, 3.8) is 0 Å². The Bertz CT molecular complexity index is 419. The average molecular weight is 316 g/mol. The van der Waals surface area contributed by atoms with Crippen molar-refractivity contribution in [1.29, 1.82) is 0 Å². The van der Waals surface area contributed by atoms with Gasteiger partial charge in [-0.3, -0.25) is 4.79 Å². The van der Waals surface area contributed by atoms with Crippen molar-refractivity contribution < 1.29 is 19.1 Å². The fourth-order valence-corrected chi connectivity index (χ4v) is 1.44. The molecule has 0 aromatic heterocycles. The smallest absolute Gasteiger partial charge is 0.332 e. The Morgan fingerprint density at radius 2 is 1.94 bits per heavy atom. The van der Waals surface area contributed by atoms with E-state index >= 15 is 0 Å². The van der Waals surface area contributed by atoms with Gasteiger partial charge < -0.3 is 14.8 Å². The summed E-state index contributed by atoms with van der Waals surface area (Å²) in [5, 5.41) is 2.64. The van der Waals surface area contributed by atoms with E-state index in [4.69, 9.17) is 4.74 Å². The van der Waals surface area contributed by atoms with Gasteiger partial charge in [0.2, 0.25) is 0 Å². The molecule has 0 aliphatic carbocycles. The van der Waals surface area contributed by atoms with Crippen LogP contribution in [0.5, 0.6) is 0 Å². The number of carbonyl (C=O) groups is 2. The molecule has 0 bridgehead atoms. The zero-order valence-electron chi connectivity index (χ0n) is 10.1. The molecule has 0 heterocycles. The lowest BCUT2D eigenvalue weighted by molar-refractivity contribution is -0.156. The van der Waals surface area contributed by atoms with Crippen molar-refractivity contribution in [2.24, 2.45) is 0 Å². The number of halogens is 1. The summed E-state index contributed by atoms with van der Waals surface area (Å²) in [5.41, 5.74) is 0.637. The van der Waals surface area contributed by atoms with Crippen LogP contribution in [0, 0.1) is 0 Å². The molecule has 98 valence electrons. The number of hydrogen-bond acceptors (Lipinski definition) is 4. The minimum atomic E-state index is -0.865. The van der Waals surface area contributed by atoms with E-state index in [1.54, 1.807) is 24.3 Å². The van der Waals surface area contributed by atoms with E-state index in [1.165, 1.54) is 14.0 Å². The van der Waals surface area contributed by atoms with Crippen molar-refractivity contribution in [3.05, 3.63) is 28.7 Å². The van der Waals surface area contributed by atoms with Crippen LogP contribution in [0.1, 0.15) is 6.92 Å². The molecule has 0 saturated carbocycles. The normalized spacial score (nSPS) is 11.7. The second-order valence-electron chi connectivity index (χ2n) is 3.56. The van der Waals surface area contributed by atoms with Crippen molar-refractivity contribution in [1.82, 2.24) is 0 Å². The molecule has 1 aromatic carbocycles. The van der Waals surface area contributed by atoms with Gasteiger partial charge in [0.1, 0.15) is 6.61 Å². The fourth-order valence-electron chi connectivity index (χ4n) is 1.18. The predicted molar refractivity (Wildman–Crippen MR) is 70.2 cm³/mol. The topological polar surface area (TPSA) is 64.6 Å². The highest BCUT2D eigenvalue weighted by atomic mass is 79.9.